The number of hydrogen-bond acceptors (Lipinski definition) is 4. The van der Waals surface area contributed by atoms with E-state index in [0.717, 1.165) is 29.3 Å². The molecule has 2 amide bonds. The van der Waals surface area contributed by atoms with Gasteiger partial charge in [0.15, 0.2) is 11.5 Å². The van der Waals surface area contributed by atoms with E-state index >= 15 is 0 Å². The summed E-state index contributed by atoms with van der Waals surface area (Å²) in [6.07, 6.45) is -0.227. The fourth-order valence-corrected chi connectivity index (χ4v) is 3.98. The van der Waals surface area contributed by atoms with Crippen molar-refractivity contribution in [2.24, 2.45) is 5.73 Å². The zero-order valence-corrected chi connectivity index (χ0v) is 21.1. The zero-order chi connectivity index (χ0) is 27.6. The summed E-state index contributed by atoms with van der Waals surface area (Å²) in [5.41, 5.74) is 8.33. The molecule has 0 unspecified atom stereocenters. The monoisotopic (exact) mass is 530 g/mol. The van der Waals surface area contributed by atoms with Gasteiger partial charge in [-0.25, -0.2) is 8.78 Å². The number of carbonyl (C=O) groups excluding carboxylic acids is 2. The van der Waals surface area contributed by atoms with Crippen molar-refractivity contribution in [3.05, 3.63) is 131 Å². The first kappa shape index (κ1) is 27.3. The number of benzene rings is 4. The van der Waals surface area contributed by atoms with Crippen LogP contribution in [-0.2, 0) is 35.6 Å². The van der Waals surface area contributed by atoms with Gasteiger partial charge in [0.1, 0.15) is 30.9 Å². The lowest BCUT2D eigenvalue weighted by Crippen LogP contribution is -2.46. The molecular weight excluding hydrogens is 502 g/mol. The number of hydrogen-bond donors (Lipinski definition) is 2. The number of halogens is 2. The minimum Gasteiger partial charge on any atom is -0.485 e. The molecule has 0 heterocycles. The van der Waals surface area contributed by atoms with Crippen LogP contribution in [0.15, 0.2) is 97.1 Å². The Balaban J connectivity index is 1.48. The summed E-state index contributed by atoms with van der Waals surface area (Å²) in [5, 5.41) is 2.56. The maximum Gasteiger partial charge on any atom is 0.240 e. The first-order valence-electron chi connectivity index (χ1n) is 12.4. The van der Waals surface area contributed by atoms with Gasteiger partial charge in [0.05, 0.1) is 6.42 Å². The Morgan fingerprint density at radius 3 is 1.82 bits per heavy atom. The number of ether oxygens (including phenoxy) is 2. The van der Waals surface area contributed by atoms with E-state index < -0.39 is 29.5 Å². The molecule has 3 N–H and O–H groups in total. The van der Waals surface area contributed by atoms with Gasteiger partial charge in [-0.05, 0) is 46.5 Å². The highest BCUT2D eigenvalue weighted by molar-refractivity contribution is 5.87. The molecule has 39 heavy (non-hydrogen) atoms. The van der Waals surface area contributed by atoms with Crippen LogP contribution in [0, 0.1) is 11.6 Å². The lowest BCUT2D eigenvalue weighted by atomic mass is 10.0. The molecule has 0 saturated carbocycles. The van der Waals surface area contributed by atoms with Gasteiger partial charge in [0.2, 0.25) is 11.8 Å². The number of carbonyl (C=O) groups is 2. The number of nitrogens with one attached hydrogen (secondary N) is 1. The van der Waals surface area contributed by atoms with Crippen LogP contribution in [0.25, 0.3) is 0 Å². The first-order valence-corrected chi connectivity index (χ1v) is 12.4. The second-order valence-electron chi connectivity index (χ2n) is 9.01. The van der Waals surface area contributed by atoms with E-state index in [1.165, 1.54) is 0 Å². The summed E-state index contributed by atoms with van der Waals surface area (Å²) in [4.78, 5) is 24.7. The second kappa shape index (κ2) is 13.2. The molecule has 0 saturated heterocycles. The lowest BCUT2D eigenvalue weighted by Gasteiger charge is -2.18. The fourth-order valence-electron chi connectivity index (χ4n) is 3.98. The number of nitrogens with two attached hydrogens (primary N) is 1. The Bertz CT molecular complexity index is 1390. The van der Waals surface area contributed by atoms with E-state index in [0.29, 0.717) is 30.3 Å². The van der Waals surface area contributed by atoms with Gasteiger partial charge in [-0.1, -0.05) is 66.7 Å². The van der Waals surface area contributed by atoms with Crippen molar-refractivity contribution < 1.29 is 27.8 Å². The quantitative estimate of drug-likeness (QED) is 0.273. The smallest absolute Gasteiger partial charge is 0.240 e. The Labute approximate surface area is 225 Å². The predicted octanol–water partition coefficient (Wildman–Crippen LogP) is 4.88. The van der Waals surface area contributed by atoms with E-state index in [1.807, 2.05) is 60.7 Å². The summed E-state index contributed by atoms with van der Waals surface area (Å²) in [6, 6.07) is 26.4. The van der Waals surface area contributed by atoms with Crippen molar-refractivity contribution in [2.45, 2.75) is 32.1 Å². The third kappa shape index (κ3) is 8.39. The molecule has 4 aromatic rings. The molecule has 4 rings (SSSR count). The van der Waals surface area contributed by atoms with E-state index in [1.54, 1.807) is 18.2 Å². The SMILES string of the molecule is NC(=O)[C@@H](Cc1ccc(OCc2ccccc2)c(OCc2ccccc2)c1)NC(=O)Cc1cc(F)cc(F)c1. The standard InChI is InChI=1S/C31H28F2N2O4/c32-25-13-24(14-26(33)18-25)17-30(36)35-27(31(34)37)15-23-11-12-28(38-19-21-7-3-1-4-8-21)29(16-23)39-20-22-9-5-2-6-10-22/h1-14,16,18,27H,15,17,19-20H2,(H2,34,37)(H,35,36)/t27-/m1/s1. The molecule has 1 atom stereocenters. The summed E-state index contributed by atoms with van der Waals surface area (Å²) in [7, 11) is 0. The molecule has 0 spiro atoms. The molecule has 0 aromatic heterocycles. The minimum atomic E-state index is -1.05. The molecule has 0 radical (unpaired) electrons. The molecule has 6 nitrogen and oxygen atoms in total. The van der Waals surface area contributed by atoms with Crippen molar-refractivity contribution in [3.63, 3.8) is 0 Å². The van der Waals surface area contributed by atoms with Gasteiger partial charge in [-0.3, -0.25) is 9.59 Å². The number of amides is 2. The van der Waals surface area contributed by atoms with Crippen LogP contribution < -0.4 is 20.5 Å². The predicted molar refractivity (Wildman–Crippen MR) is 143 cm³/mol. The highest BCUT2D eigenvalue weighted by Gasteiger charge is 2.20. The van der Waals surface area contributed by atoms with Gasteiger partial charge in [-0.15, -0.1) is 0 Å². The maximum atomic E-state index is 13.5. The topological polar surface area (TPSA) is 90.7 Å². The average Bonchev–Trinajstić information content (AvgIpc) is 2.91. The molecule has 0 fully saturated rings. The summed E-state index contributed by atoms with van der Waals surface area (Å²) in [5.74, 6) is -1.93. The normalized spacial score (nSPS) is 11.4. The van der Waals surface area contributed by atoms with Crippen LogP contribution in [-0.4, -0.2) is 17.9 Å². The average molecular weight is 531 g/mol. The van der Waals surface area contributed by atoms with Crippen LogP contribution in [0.1, 0.15) is 22.3 Å². The largest absolute Gasteiger partial charge is 0.485 e. The van der Waals surface area contributed by atoms with Gasteiger partial charge in [-0.2, -0.15) is 0 Å². The molecular formula is C31H28F2N2O4. The minimum absolute atomic E-state index is 0.0826. The van der Waals surface area contributed by atoms with Crippen LogP contribution >= 0.6 is 0 Å². The summed E-state index contributed by atoms with van der Waals surface area (Å²) in [6.45, 7) is 0.634. The molecule has 0 bridgehead atoms. The Hall–Kier alpha value is -4.72. The van der Waals surface area contributed by atoms with Crippen LogP contribution in [0.4, 0.5) is 8.78 Å². The maximum absolute atomic E-state index is 13.5. The molecule has 0 aliphatic rings. The van der Waals surface area contributed by atoms with Gasteiger partial charge in [0.25, 0.3) is 0 Å². The van der Waals surface area contributed by atoms with E-state index in [4.69, 9.17) is 15.2 Å². The van der Waals surface area contributed by atoms with Crippen molar-refractivity contribution in [3.8, 4) is 11.5 Å². The highest BCUT2D eigenvalue weighted by atomic mass is 19.1. The second-order valence-corrected chi connectivity index (χ2v) is 9.01. The molecule has 8 heteroatoms. The third-order valence-electron chi connectivity index (χ3n) is 5.89. The van der Waals surface area contributed by atoms with Crippen LogP contribution in [0.5, 0.6) is 11.5 Å². The summed E-state index contributed by atoms with van der Waals surface area (Å²) < 4.78 is 39.1. The van der Waals surface area contributed by atoms with Crippen molar-refractivity contribution in [1.29, 1.82) is 0 Å². The van der Waals surface area contributed by atoms with Crippen molar-refractivity contribution >= 4 is 11.8 Å². The molecule has 0 aliphatic heterocycles. The Kier molecular flexibility index (Phi) is 9.24. The zero-order valence-electron chi connectivity index (χ0n) is 21.1. The fraction of sp³-hybridized carbons (Fsp3) is 0.161. The van der Waals surface area contributed by atoms with E-state index in [2.05, 4.69) is 5.32 Å². The summed E-state index contributed by atoms with van der Waals surface area (Å²) >= 11 is 0. The van der Waals surface area contributed by atoms with Gasteiger partial charge >= 0.3 is 0 Å². The molecule has 0 aliphatic carbocycles. The number of rotatable bonds is 12. The molecule has 200 valence electrons. The molecule has 4 aromatic carbocycles. The van der Waals surface area contributed by atoms with E-state index in [9.17, 15) is 18.4 Å². The Morgan fingerprint density at radius 2 is 1.26 bits per heavy atom. The van der Waals surface area contributed by atoms with Gasteiger partial charge in [0, 0.05) is 12.5 Å². The van der Waals surface area contributed by atoms with Crippen molar-refractivity contribution in [2.75, 3.05) is 0 Å². The van der Waals surface area contributed by atoms with Gasteiger partial charge < -0.3 is 20.5 Å². The van der Waals surface area contributed by atoms with Crippen LogP contribution in [0.2, 0.25) is 0 Å². The highest BCUT2D eigenvalue weighted by Crippen LogP contribution is 2.30. The van der Waals surface area contributed by atoms with Crippen molar-refractivity contribution in [1.82, 2.24) is 5.32 Å². The first-order chi connectivity index (χ1) is 18.9. The van der Waals surface area contributed by atoms with E-state index in [-0.39, 0.29) is 18.4 Å². The lowest BCUT2D eigenvalue weighted by molar-refractivity contribution is -0.127. The third-order valence-corrected chi connectivity index (χ3v) is 5.89. The Morgan fingerprint density at radius 1 is 0.692 bits per heavy atom. The number of primary amides is 1. The van der Waals surface area contributed by atoms with Crippen LogP contribution in [0.3, 0.4) is 0 Å².